The molecule has 1 saturated carbocycles. The van der Waals surface area contributed by atoms with E-state index in [9.17, 15) is 0 Å². The van der Waals surface area contributed by atoms with Crippen LogP contribution in [0, 0.1) is 0 Å². The van der Waals surface area contributed by atoms with E-state index in [1.807, 2.05) is 6.20 Å². The first kappa shape index (κ1) is 3.28. The third-order valence-electron chi connectivity index (χ3n) is 2.26. The average Bonchev–Trinajstić information content (AvgIpc) is 2.34. The molecule has 2 heteroatoms. The Bertz CT molecular complexity index is 216. The van der Waals surface area contributed by atoms with Crippen molar-refractivity contribution in [3.8, 4) is 0 Å². The van der Waals surface area contributed by atoms with Crippen molar-refractivity contribution < 1.29 is 0 Å². The number of nitrogens with zero attached hydrogens (tertiary/aromatic N) is 1. The van der Waals surface area contributed by atoms with Gasteiger partial charge in [0.2, 0.25) is 0 Å². The third-order valence-corrected chi connectivity index (χ3v) is 2.26. The van der Waals surface area contributed by atoms with E-state index in [1.54, 1.807) is 0 Å². The van der Waals surface area contributed by atoms with E-state index >= 15 is 0 Å². The van der Waals surface area contributed by atoms with Gasteiger partial charge in [0.15, 0.2) is 0 Å². The Balaban J connectivity index is 2.38. The van der Waals surface area contributed by atoms with Crippen LogP contribution in [0.4, 0.5) is 0 Å². The van der Waals surface area contributed by atoms with Crippen molar-refractivity contribution in [3.63, 3.8) is 0 Å². The third kappa shape index (κ3) is 0.171. The van der Waals surface area contributed by atoms with Crippen LogP contribution in [-0.4, -0.2) is 10.2 Å². The van der Waals surface area contributed by atoms with E-state index < -0.39 is 0 Å². The molecule has 2 aliphatic rings. The molecule has 3 rings (SSSR count). The second-order valence-corrected chi connectivity index (χ2v) is 2.69. The normalized spacial score (nSPS) is 37.5. The summed E-state index contributed by atoms with van der Waals surface area (Å²) in [4.78, 5) is 0. The van der Waals surface area contributed by atoms with Crippen LogP contribution in [0.2, 0.25) is 0 Å². The van der Waals surface area contributed by atoms with E-state index in [0.717, 1.165) is 11.8 Å². The minimum Gasteiger partial charge on any atom is -0.282 e. The molecule has 1 aromatic heterocycles. The van der Waals surface area contributed by atoms with Crippen LogP contribution in [-0.2, 0) is 0 Å². The van der Waals surface area contributed by atoms with Gasteiger partial charge in [-0.15, -0.1) is 0 Å². The van der Waals surface area contributed by atoms with Crippen molar-refractivity contribution in [1.82, 2.24) is 10.2 Å². The van der Waals surface area contributed by atoms with Gasteiger partial charge in [-0.2, -0.15) is 5.10 Å². The van der Waals surface area contributed by atoms with Gasteiger partial charge >= 0.3 is 0 Å². The highest BCUT2D eigenvalue weighted by Crippen LogP contribution is 2.64. The highest BCUT2D eigenvalue weighted by atomic mass is 15.1. The van der Waals surface area contributed by atoms with Crippen molar-refractivity contribution in [1.29, 1.82) is 0 Å². The van der Waals surface area contributed by atoms with Gasteiger partial charge in [-0.1, -0.05) is 0 Å². The smallest absolute Gasteiger partial charge is 0.0525 e. The molecule has 40 valence electrons. The van der Waals surface area contributed by atoms with Gasteiger partial charge in [0, 0.05) is 11.6 Å². The standard InChI is InChI=1S/C6H6N2/c1-3-4(1)6-5(3)2-7-8-6/h2-4H,1H2,(H,7,8). The van der Waals surface area contributed by atoms with Crippen molar-refractivity contribution in [2.45, 2.75) is 18.3 Å². The van der Waals surface area contributed by atoms with Gasteiger partial charge < -0.3 is 0 Å². The van der Waals surface area contributed by atoms with E-state index in [4.69, 9.17) is 0 Å². The second kappa shape index (κ2) is 0.729. The Morgan fingerprint density at radius 1 is 1.62 bits per heavy atom. The Labute approximate surface area is 46.9 Å². The molecule has 2 aliphatic carbocycles. The molecule has 0 aliphatic heterocycles. The zero-order chi connectivity index (χ0) is 5.14. The Hall–Kier alpha value is -0.790. The SMILES string of the molecule is c1n[nH]c2c1C1CC21. The average molecular weight is 106 g/mol. The van der Waals surface area contributed by atoms with Crippen LogP contribution >= 0.6 is 0 Å². The zero-order valence-corrected chi connectivity index (χ0v) is 4.39. The van der Waals surface area contributed by atoms with Crippen LogP contribution in [0.3, 0.4) is 0 Å². The molecule has 1 N–H and O–H groups in total. The van der Waals surface area contributed by atoms with Crippen LogP contribution < -0.4 is 0 Å². The monoisotopic (exact) mass is 106 g/mol. The van der Waals surface area contributed by atoms with Gasteiger partial charge in [-0.3, -0.25) is 5.10 Å². The molecule has 0 radical (unpaired) electrons. The lowest BCUT2D eigenvalue weighted by Gasteiger charge is -2.07. The minimum absolute atomic E-state index is 0.896. The zero-order valence-electron chi connectivity index (χ0n) is 4.39. The number of nitrogens with one attached hydrogen (secondary N) is 1. The minimum atomic E-state index is 0.896. The van der Waals surface area contributed by atoms with Gasteiger partial charge in [0.1, 0.15) is 0 Å². The van der Waals surface area contributed by atoms with Crippen molar-refractivity contribution >= 4 is 0 Å². The van der Waals surface area contributed by atoms with Crippen LogP contribution in [0.25, 0.3) is 0 Å². The summed E-state index contributed by atoms with van der Waals surface area (Å²) >= 11 is 0. The topological polar surface area (TPSA) is 28.7 Å². The number of H-pyrrole nitrogens is 1. The summed E-state index contributed by atoms with van der Waals surface area (Å²) in [6, 6.07) is 0. The maximum absolute atomic E-state index is 3.94. The molecule has 1 fully saturated rings. The van der Waals surface area contributed by atoms with E-state index in [0.29, 0.717) is 0 Å². The molecular weight excluding hydrogens is 100 g/mol. The summed E-state index contributed by atoms with van der Waals surface area (Å²) in [5.74, 6) is 1.82. The molecular formula is C6H6N2. The number of hydrogen-bond donors (Lipinski definition) is 1. The van der Waals surface area contributed by atoms with E-state index in [1.165, 1.54) is 17.7 Å². The lowest BCUT2D eigenvalue weighted by Crippen LogP contribution is -1.97. The highest BCUT2D eigenvalue weighted by molar-refractivity contribution is 5.47. The maximum atomic E-state index is 3.94. The maximum Gasteiger partial charge on any atom is 0.0525 e. The summed E-state index contributed by atoms with van der Waals surface area (Å²) in [6.45, 7) is 0. The van der Waals surface area contributed by atoms with Crippen molar-refractivity contribution in [3.05, 3.63) is 17.5 Å². The van der Waals surface area contributed by atoms with E-state index in [-0.39, 0.29) is 0 Å². The fourth-order valence-electron chi connectivity index (χ4n) is 1.66. The van der Waals surface area contributed by atoms with E-state index in [2.05, 4.69) is 10.2 Å². The lowest BCUT2D eigenvalue weighted by atomic mass is 9.98. The largest absolute Gasteiger partial charge is 0.282 e. The lowest BCUT2D eigenvalue weighted by molar-refractivity contribution is 0.856. The summed E-state index contributed by atoms with van der Waals surface area (Å²) < 4.78 is 0. The quantitative estimate of drug-likeness (QED) is 0.525. The molecule has 2 atom stereocenters. The first-order chi connectivity index (χ1) is 3.97. The fourth-order valence-corrected chi connectivity index (χ4v) is 1.66. The molecule has 1 aromatic rings. The predicted molar refractivity (Wildman–Crippen MR) is 28.7 cm³/mol. The second-order valence-electron chi connectivity index (χ2n) is 2.69. The van der Waals surface area contributed by atoms with Crippen molar-refractivity contribution in [2.24, 2.45) is 0 Å². The molecule has 2 unspecified atom stereocenters. The molecule has 0 saturated heterocycles. The van der Waals surface area contributed by atoms with Crippen LogP contribution in [0.15, 0.2) is 6.20 Å². The highest BCUT2D eigenvalue weighted by Gasteiger charge is 2.52. The first-order valence-corrected chi connectivity index (χ1v) is 3.00. The Kier molecular flexibility index (Phi) is 0.299. The van der Waals surface area contributed by atoms with Crippen LogP contribution in [0.5, 0.6) is 0 Å². The molecule has 0 bridgehead atoms. The van der Waals surface area contributed by atoms with Crippen LogP contribution in [0.1, 0.15) is 29.5 Å². The molecule has 8 heavy (non-hydrogen) atoms. The van der Waals surface area contributed by atoms with Crippen molar-refractivity contribution in [2.75, 3.05) is 0 Å². The molecule has 0 aromatic carbocycles. The molecule has 1 heterocycles. The number of aromatic amines is 1. The number of aromatic nitrogens is 2. The summed E-state index contributed by atoms with van der Waals surface area (Å²) in [5.41, 5.74) is 2.89. The van der Waals surface area contributed by atoms with Gasteiger partial charge in [-0.05, 0) is 17.9 Å². The molecule has 0 spiro atoms. The number of fused-ring (bicyclic) bond motifs is 4. The predicted octanol–water partition coefficient (Wildman–Crippen LogP) is 0.994. The number of hydrogen-bond acceptors (Lipinski definition) is 1. The first-order valence-electron chi connectivity index (χ1n) is 3.00. The summed E-state index contributed by atoms with van der Waals surface area (Å²) in [7, 11) is 0. The van der Waals surface area contributed by atoms with Gasteiger partial charge in [0.05, 0.1) is 6.20 Å². The summed E-state index contributed by atoms with van der Waals surface area (Å²) in [5, 5.41) is 6.94. The Morgan fingerprint density at radius 3 is 3.50 bits per heavy atom. The number of rotatable bonds is 0. The van der Waals surface area contributed by atoms with Gasteiger partial charge in [0.25, 0.3) is 0 Å². The summed E-state index contributed by atoms with van der Waals surface area (Å²) in [6.07, 6.45) is 3.35. The fraction of sp³-hybridized carbons (Fsp3) is 0.500. The molecule has 0 amide bonds. The molecule has 2 nitrogen and oxygen atoms in total. The Morgan fingerprint density at radius 2 is 2.62 bits per heavy atom. The van der Waals surface area contributed by atoms with Gasteiger partial charge in [-0.25, -0.2) is 0 Å².